The van der Waals surface area contributed by atoms with Gasteiger partial charge in [0.25, 0.3) is 0 Å². The van der Waals surface area contributed by atoms with Gasteiger partial charge in [-0.25, -0.2) is 0 Å². The number of ether oxygens (including phenoxy) is 2. The number of methoxy groups -OCH3 is 2. The third-order valence-electron chi connectivity index (χ3n) is 4.37. The molecule has 0 spiro atoms. The van der Waals surface area contributed by atoms with E-state index in [9.17, 15) is 0 Å². The average Bonchev–Trinajstić information content (AvgIpc) is 3.28. The first-order valence-electron chi connectivity index (χ1n) is 9.27. The van der Waals surface area contributed by atoms with Gasteiger partial charge in [0.05, 0.1) is 25.7 Å². The molecular formula is C24H26Cl2O2Zr-2. The topological polar surface area (TPSA) is 18.5 Å². The molecule has 0 aliphatic rings. The normalized spacial score (nSPS) is 9.90. The van der Waals surface area contributed by atoms with Crippen molar-refractivity contribution in [2.45, 2.75) is 20.8 Å². The van der Waals surface area contributed by atoms with Crippen molar-refractivity contribution >= 4 is 42.3 Å². The number of hydrogen-bond donors (Lipinski definition) is 0. The number of benzene rings is 2. The standard InChI is InChI=1S/2C11H11O.C2H4.2ClH.Zr/c2*1-8-6-9-4-3-5-11(12-2)10(9)7-8;1-2;;;/h2*3-7H,1-2H3;1H,2H3;2*1H;/q2*-1;;;;+2/p-2. The summed E-state index contributed by atoms with van der Waals surface area (Å²) in [4.78, 5) is 0. The summed E-state index contributed by atoms with van der Waals surface area (Å²) >= 11 is -1.76. The molecule has 0 aliphatic carbocycles. The van der Waals surface area contributed by atoms with Crippen molar-refractivity contribution in [2.24, 2.45) is 0 Å². The zero-order valence-electron chi connectivity index (χ0n) is 17.4. The van der Waals surface area contributed by atoms with E-state index in [2.05, 4.69) is 50.2 Å². The molecule has 5 heteroatoms. The molecule has 4 rings (SSSR count). The first-order chi connectivity index (χ1) is 13.9. The Morgan fingerprint density at radius 2 is 1.17 bits per heavy atom. The summed E-state index contributed by atoms with van der Waals surface area (Å²) in [6.45, 7) is 6.09. The van der Waals surface area contributed by atoms with Crippen molar-refractivity contribution in [2.75, 3.05) is 14.2 Å². The summed E-state index contributed by atoms with van der Waals surface area (Å²) in [6.07, 6.45) is 0. The summed E-state index contributed by atoms with van der Waals surface area (Å²) in [6, 6.07) is 20.8. The van der Waals surface area contributed by atoms with Crippen LogP contribution in [-0.4, -0.2) is 17.9 Å². The fraction of sp³-hybridized carbons (Fsp3) is 0.208. The van der Waals surface area contributed by atoms with E-state index in [0.29, 0.717) is 0 Å². The molecule has 154 valence electrons. The van der Waals surface area contributed by atoms with Crippen LogP contribution < -0.4 is 9.47 Å². The Labute approximate surface area is 187 Å². The van der Waals surface area contributed by atoms with E-state index in [1.54, 1.807) is 14.2 Å². The molecule has 0 aromatic heterocycles. The first kappa shape index (κ1) is 23.9. The molecule has 0 atom stereocenters. The second-order valence-electron chi connectivity index (χ2n) is 6.57. The summed E-state index contributed by atoms with van der Waals surface area (Å²) in [7, 11) is 14.1. The van der Waals surface area contributed by atoms with Crippen molar-refractivity contribution in [3.05, 3.63) is 71.8 Å². The predicted molar refractivity (Wildman–Crippen MR) is 125 cm³/mol. The van der Waals surface area contributed by atoms with E-state index in [4.69, 9.17) is 26.5 Å². The fourth-order valence-corrected chi connectivity index (χ4v) is 3.07. The summed E-state index contributed by atoms with van der Waals surface area (Å²) in [5.74, 6) is 1.92. The van der Waals surface area contributed by atoms with Gasteiger partial charge in [-0.15, -0.1) is 58.3 Å². The van der Waals surface area contributed by atoms with Gasteiger partial charge < -0.3 is 9.47 Å². The Balaban J connectivity index is 0.000000170. The summed E-state index contributed by atoms with van der Waals surface area (Å²) < 4.78 is 12.4. The maximum atomic E-state index is 5.37. The number of fused-ring (bicyclic) bond motifs is 2. The van der Waals surface area contributed by atoms with E-state index in [-0.39, 0.29) is 0 Å². The van der Waals surface area contributed by atoms with Crippen molar-refractivity contribution < 1.29 is 28.4 Å². The Bertz CT molecular complexity index is 1010. The van der Waals surface area contributed by atoms with Crippen LogP contribution in [0.2, 0.25) is 0 Å². The van der Waals surface area contributed by atoms with Gasteiger partial charge >= 0.3 is 46.5 Å². The zero-order valence-corrected chi connectivity index (χ0v) is 21.4. The van der Waals surface area contributed by atoms with Crippen LogP contribution in [0, 0.1) is 13.8 Å². The molecule has 0 N–H and O–H groups in total. The Kier molecular flexibility index (Phi) is 9.63. The molecule has 4 aromatic carbocycles. The molecule has 0 saturated heterocycles. The fourth-order valence-electron chi connectivity index (χ4n) is 3.07. The van der Waals surface area contributed by atoms with Crippen LogP contribution in [0.4, 0.5) is 0 Å². The van der Waals surface area contributed by atoms with Gasteiger partial charge in [-0.05, 0) is 12.1 Å². The molecule has 0 heterocycles. The van der Waals surface area contributed by atoms with Gasteiger partial charge in [0.15, 0.2) is 0 Å². The predicted octanol–water partition coefficient (Wildman–Crippen LogP) is 7.49. The Hall–Kier alpha value is -1.41. The molecule has 29 heavy (non-hydrogen) atoms. The molecule has 2 nitrogen and oxygen atoms in total. The molecule has 0 fully saturated rings. The molecule has 0 radical (unpaired) electrons. The van der Waals surface area contributed by atoms with Crippen molar-refractivity contribution in [3.8, 4) is 11.5 Å². The van der Waals surface area contributed by atoms with E-state index in [1.165, 1.54) is 32.7 Å². The zero-order chi connectivity index (χ0) is 21.4. The first-order valence-corrected chi connectivity index (χ1v) is 17.0. The van der Waals surface area contributed by atoms with Gasteiger partial charge in [0.1, 0.15) is 0 Å². The molecular weight excluding hydrogens is 482 g/mol. The Morgan fingerprint density at radius 1 is 0.793 bits per heavy atom. The van der Waals surface area contributed by atoms with Crippen LogP contribution in [0.15, 0.2) is 60.7 Å². The maximum absolute atomic E-state index is 5.37. The van der Waals surface area contributed by atoms with Crippen LogP contribution in [0.5, 0.6) is 11.5 Å². The van der Waals surface area contributed by atoms with Crippen LogP contribution in [0.1, 0.15) is 18.1 Å². The van der Waals surface area contributed by atoms with Crippen LogP contribution in [0.3, 0.4) is 0 Å². The number of rotatable bonds is 2. The summed E-state index contributed by atoms with van der Waals surface area (Å²) in [5, 5.41) is 4.92. The molecule has 0 amide bonds. The van der Waals surface area contributed by atoms with Gasteiger partial charge in [-0.2, -0.15) is 12.1 Å². The number of halogens is 2. The molecule has 4 aromatic rings. The van der Waals surface area contributed by atoms with Gasteiger partial charge in [0.2, 0.25) is 0 Å². The summed E-state index contributed by atoms with van der Waals surface area (Å²) in [5.41, 5.74) is 2.57. The second kappa shape index (κ2) is 11.7. The quantitative estimate of drug-likeness (QED) is 0.261. The van der Waals surface area contributed by atoms with Crippen molar-refractivity contribution in [1.82, 2.24) is 0 Å². The SMILES string of the molecule is COc1cccc2[cH-]c(C)cc12.COc1cccc2[cH-]c(C)cc12.C[CH]=[Zr]([Cl])[Cl]. The minimum atomic E-state index is -1.76. The van der Waals surface area contributed by atoms with Gasteiger partial charge in [-0.3, -0.25) is 0 Å². The molecule has 0 unspecified atom stereocenters. The average molecular weight is 509 g/mol. The van der Waals surface area contributed by atoms with E-state index in [0.717, 1.165) is 11.5 Å². The molecule has 0 bridgehead atoms. The monoisotopic (exact) mass is 506 g/mol. The number of aryl methyl sites for hydroxylation is 2. The minimum absolute atomic E-state index is 0.959. The Morgan fingerprint density at radius 3 is 1.48 bits per heavy atom. The second-order valence-corrected chi connectivity index (χ2v) is 15.4. The van der Waals surface area contributed by atoms with E-state index < -0.39 is 18.9 Å². The van der Waals surface area contributed by atoms with Crippen LogP contribution >= 0.6 is 17.0 Å². The van der Waals surface area contributed by atoms with Crippen LogP contribution in [-0.2, 0) is 18.9 Å². The third-order valence-corrected chi connectivity index (χ3v) is 8.02. The van der Waals surface area contributed by atoms with Crippen LogP contribution in [0.25, 0.3) is 21.5 Å². The van der Waals surface area contributed by atoms with Gasteiger partial charge in [-0.1, -0.05) is 24.6 Å². The third kappa shape index (κ3) is 6.81. The van der Waals surface area contributed by atoms with E-state index >= 15 is 0 Å². The number of hydrogen-bond acceptors (Lipinski definition) is 2. The molecule has 0 saturated carbocycles. The van der Waals surface area contributed by atoms with Crippen molar-refractivity contribution in [1.29, 1.82) is 0 Å². The van der Waals surface area contributed by atoms with Crippen molar-refractivity contribution in [3.63, 3.8) is 0 Å². The van der Waals surface area contributed by atoms with E-state index in [1.807, 2.05) is 34.9 Å². The molecule has 0 aliphatic heterocycles. The van der Waals surface area contributed by atoms with Gasteiger partial charge in [0, 0.05) is 0 Å².